The van der Waals surface area contributed by atoms with Gasteiger partial charge in [-0.2, -0.15) is 0 Å². The first-order valence-corrected chi connectivity index (χ1v) is 11.8. The van der Waals surface area contributed by atoms with Gasteiger partial charge in [0.1, 0.15) is 5.75 Å². The number of amidine groups is 1. The number of aliphatic imine (C=N–C) groups is 1. The molecule has 1 heterocycles. The average Bonchev–Trinajstić information content (AvgIpc) is 3.13. The van der Waals surface area contributed by atoms with Gasteiger partial charge < -0.3 is 18.9 Å². The number of ether oxygens (including phenoxy) is 4. The molecule has 0 unspecified atom stereocenters. The number of likely N-dealkylation sites (N-methyl/N-ethyl adjacent to an activating group) is 1. The van der Waals surface area contributed by atoms with E-state index in [0.29, 0.717) is 34.7 Å². The zero-order valence-corrected chi connectivity index (χ0v) is 20.5. The molecule has 1 amide bonds. The number of amides is 1. The van der Waals surface area contributed by atoms with E-state index in [1.807, 2.05) is 38.1 Å². The van der Waals surface area contributed by atoms with Crippen molar-refractivity contribution in [2.24, 2.45) is 4.99 Å². The summed E-state index contributed by atoms with van der Waals surface area (Å²) < 4.78 is 21.2. The molecule has 1 saturated heterocycles. The van der Waals surface area contributed by atoms with Gasteiger partial charge in [0.25, 0.3) is 5.91 Å². The fourth-order valence-electron chi connectivity index (χ4n) is 3.15. The maximum atomic E-state index is 13.0. The molecule has 0 aromatic heterocycles. The summed E-state index contributed by atoms with van der Waals surface area (Å²) in [4.78, 5) is 31.4. The molecule has 8 nitrogen and oxygen atoms in total. The minimum Gasteiger partial charge on any atom is -0.494 e. The first-order chi connectivity index (χ1) is 16.5. The molecule has 0 atom stereocenters. The summed E-state index contributed by atoms with van der Waals surface area (Å²) >= 11 is 1.32. The molecule has 3 rings (SSSR count). The van der Waals surface area contributed by atoms with E-state index in [4.69, 9.17) is 18.9 Å². The lowest BCUT2D eigenvalue weighted by Crippen LogP contribution is -2.28. The number of esters is 1. The minimum atomic E-state index is -0.456. The number of hydrogen-bond donors (Lipinski definition) is 0. The smallest absolute Gasteiger partial charge is 0.344 e. The number of hydrogen-bond acceptors (Lipinski definition) is 8. The number of benzene rings is 2. The van der Waals surface area contributed by atoms with Gasteiger partial charge in [-0.05, 0) is 80.6 Å². The fourth-order valence-corrected chi connectivity index (χ4v) is 4.21. The number of rotatable bonds is 10. The second-order valence-electron chi connectivity index (χ2n) is 6.99. The Bertz CT molecular complexity index is 1080. The largest absolute Gasteiger partial charge is 0.494 e. The summed E-state index contributed by atoms with van der Waals surface area (Å²) in [6.07, 6.45) is 1.79. The van der Waals surface area contributed by atoms with Crippen molar-refractivity contribution < 1.29 is 28.5 Å². The minimum absolute atomic E-state index is 0.112. The summed E-state index contributed by atoms with van der Waals surface area (Å²) in [7, 11) is 1.51. The summed E-state index contributed by atoms with van der Waals surface area (Å²) in [6.45, 7) is 6.75. The van der Waals surface area contributed by atoms with Crippen molar-refractivity contribution in [1.82, 2.24) is 4.90 Å². The molecule has 1 fully saturated rings. The third kappa shape index (κ3) is 6.32. The van der Waals surface area contributed by atoms with E-state index in [0.717, 1.165) is 17.0 Å². The molecule has 34 heavy (non-hydrogen) atoms. The quantitative estimate of drug-likeness (QED) is 0.358. The van der Waals surface area contributed by atoms with Gasteiger partial charge in [-0.3, -0.25) is 9.69 Å². The Morgan fingerprint density at radius 3 is 2.44 bits per heavy atom. The first kappa shape index (κ1) is 25.2. The van der Waals surface area contributed by atoms with Crippen LogP contribution in [0.5, 0.6) is 17.2 Å². The van der Waals surface area contributed by atoms with Crippen molar-refractivity contribution in [2.75, 3.05) is 33.5 Å². The monoisotopic (exact) mass is 484 g/mol. The average molecular weight is 485 g/mol. The zero-order valence-electron chi connectivity index (χ0n) is 19.7. The maximum Gasteiger partial charge on any atom is 0.344 e. The Kier molecular flexibility index (Phi) is 8.98. The van der Waals surface area contributed by atoms with E-state index >= 15 is 0 Å². The standard InChI is InChI=1S/C25H28N2O6S/c1-5-27-24(29)22(34-25(27)26-18-9-11-19(12-10-18)31-6-2)15-17-8-13-20(21(14-17)30-4)33-16-23(28)32-7-3/h8-15H,5-7,16H2,1-4H3/b22-15+,26-25?. The Balaban J connectivity index is 1.79. The predicted molar refractivity (Wildman–Crippen MR) is 133 cm³/mol. The Labute approximate surface area is 203 Å². The van der Waals surface area contributed by atoms with Gasteiger partial charge in [-0.25, -0.2) is 9.79 Å². The van der Waals surface area contributed by atoms with Crippen molar-refractivity contribution in [1.29, 1.82) is 0 Å². The molecular formula is C25H28N2O6S. The third-order valence-corrected chi connectivity index (χ3v) is 5.72. The van der Waals surface area contributed by atoms with Crippen molar-refractivity contribution in [3.05, 3.63) is 52.9 Å². The highest BCUT2D eigenvalue weighted by Crippen LogP contribution is 2.36. The molecule has 0 bridgehead atoms. The molecule has 0 spiro atoms. The summed E-state index contributed by atoms with van der Waals surface area (Å²) in [6, 6.07) is 12.7. The Morgan fingerprint density at radius 1 is 1.03 bits per heavy atom. The summed E-state index contributed by atoms with van der Waals surface area (Å²) in [5.74, 6) is 1.07. The third-order valence-electron chi connectivity index (χ3n) is 4.71. The van der Waals surface area contributed by atoms with E-state index in [1.54, 1.807) is 36.1 Å². The van der Waals surface area contributed by atoms with Crippen molar-refractivity contribution in [2.45, 2.75) is 20.8 Å². The number of carbonyl (C=O) groups excluding carboxylic acids is 2. The topological polar surface area (TPSA) is 86.7 Å². The molecule has 1 aliphatic heterocycles. The number of carbonyl (C=O) groups is 2. The molecule has 9 heteroatoms. The molecule has 0 aliphatic carbocycles. The number of thioether (sulfide) groups is 1. The van der Waals surface area contributed by atoms with Gasteiger partial charge >= 0.3 is 5.97 Å². The molecular weight excluding hydrogens is 456 g/mol. The summed E-state index contributed by atoms with van der Waals surface area (Å²) in [5.41, 5.74) is 1.50. The van der Waals surface area contributed by atoms with Crippen molar-refractivity contribution >= 4 is 40.6 Å². The van der Waals surface area contributed by atoms with Crippen LogP contribution in [0.3, 0.4) is 0 Å². The van der Waals surface area contributed by atoms with Crippen molar-refractivity contribution in [3.63, 3.8) is 0 Å². The van der Waals surface area contributed by atoms with E-state index in [9.17, 15) is 9.59 Å². The van der Waals surface area contributed by atoms with Crippen LogP contribution in [0.4, 0.5) is 5.69 Å². The molecule has 1 aliphatic rings. The highest BCUT2D eigenvalue weighted by Gasteiger charge is 2.32. The first-order valence-electron chi connectivity index (χ1n) is 11.0. The van der Waals surface area contributed by atoms with E-state index < -0.39 is 5.97 Å². The maximum absolute atomic E-state index is 13.0. The van der Waals surface area contributed by atoms with Gasteiger partial charge in [-0.15, -0.1) is 0 Å². The van der Waals surface area contributed by atoms with Gasteiger partial charge in [0.2, 0.25) is 0 Å². The number of methoxy groups -OCH3 is 1. The molecule has 2 aromatic carbocycles. The van der Waals surface area contributed by atoms with Gasteiger partial charge in [0, 0.05) is 6.54 Å². The van der Waals surface area contributed by atoms with E-state index in [-0.39, 0.29) is 19.1 Å². The van der Waals surface area contributed by atoms with Crippen LogP contribution in [-0.2, 0) is 14.3 Å². The molecule has 180 valence electrons. The summed E-state index contributed by atoms with van der Waals surface area (Å²) in [5, 5.41) is 0.615. The highest BCUT2D eigenvalue weighted by atomic mass is 32.2. The zero-order chi connectivity index (χ0) is 24.5. The van der Waals surface area contributed by atoms with Gasteiger partial charge in [-0.1, -0.05) is 6.07 Å². The lowest BCUT2D eigenvalue weighted by atomic mass is 10.2. The van der Waals surface area contributed by atoms with Crippen LogP contribution in [0.2, 0.25) is 0 Å². The van der Waals surface area contributed by atoms with Crippen LogP contribution in [0.15, 0.2) is 52.4 Å². The number of nitrogens with zero attached hydrogens (tertiary/aromatic N) is 2. The van der Waals surface area contributed by atoms with E-state index in [2.05, 4.69) is 4.99 Å². The highest BCUT2D eigenvalue weighted by molar-refractivity contribution is 8.18. The molecule has 0 radical (unpaired) electrons. The Hall–Kier alpha value is -3.46. The second kappa shape index (κ2) is 12.1. The second-order valence-corrected chi connectivity index (χ2v) is 7.99. The van der Waals surface area contributed by atoms with Crippen LogP contribution in [-0.4, -0.2) is 55.4 Å². The van der Waals surface area contributed by atoms with Crippen LogP contribution in [0.25, 0.3) is 6.08 Å². The van der Waals surface area contributed by atoms with Gasteiger partial charge in [0.15, 0.2) is 23.3 Å². The van der Waals surface area contributed by atoms with Crippen LogP contribution in [0, 0.1) is 0 Å². The van der Waals surface area contributed by atoms with Crippen LogP contribution < -0.4 is 14.2 Å². The SMILES string of the molecule is CCOC(=O)COc1ccc(/C=C2/SC(=Nc3ccc(OCC)cc3)N(CC)C2=O)cc1OC. The molecule has 2 aromatic rings. The van der Waals surface area contributed by atoms with Gasteiger partial charge in [0.05, 0.1) is 30.9 Å². The fraction of sp³-hybridized carbons (Fsp3) is 0.320. The lowest BCUT2D eigenvalue weighted by molar-refractivity contribution is -0.145. The Morgan fingerprint density at radius 2 is 1.79 bits per heavy atom. The van der Waals surface area contributed by atoms with Crippen molar-refractivity contribution in [3.8, 4) is 17.2 Å². The van der Waals surface area contributed by atoms with Crippen LogP contribution in [0.1, 0.15) is 26.3 Å². The predicted octanol–water partition coefficient (Wildman–Crippen LogP) is 4.66. The molecule has 0 saturated carbocycles. The lowest BCUT2D eigenvalue weighted by Gasteiger charge is -2.12. The van der Waals surface area contributed by atoms with E-state index in [1.165, 1.54) is 18.9 Å². The normalized spacial score (nSPS) is 15.6. The molecule has 0 N–H and O–H groups in total. The van der Waals surface area contributed by atoms with Crippen LogP contribution >= 0.6 is 11.8 Å².